The Bertz CT molecular complexity index is 326. The standard InChI is InChI=1S/C10H16N2O/c1-5-10-8(3)11-12(9(10)4)6-7(2)13/h5-6H2,1-4H3. The van der Waals surface area contributed by atoms with E-state index in [-0.39, 0.29) is 5.78 Å². The van der Waals surface area contributed by atoms with Crippen LogP contribution in [0.15, 0.2) is 0 Å². The molecule has 0 fully saturated rings. The highest BCUT2D eigenvalue weighted by Gasteiger charge is 2.09. The van der Waals surface area contributed by atoms with E-state index in [0.717, 1.165) is 17.8 Å². The van der Waals surface area contributed by atoms with Gasteiger partial charge in [-0.15, -0.1) is 0 Å². The van der Waals surface area contributed by atoms with Crippen molar-refractivity contribution in [3.8, 4) is 0 Å². The first-order valence-electron chi connectivity index (χ1n) is 4.58. The predicted octanol–water partition coefficient (Wildman–Crippen LogP) is 1.65. The minimum Gasteiger partial charge on any atom is -0.298 e. The van der Waals surface area contributed by atoms with Gasteiger partial charge in [0.15, 0.2) is 5.78 Å². The molecule has 0 unspecified atom stereocenters. The molecule has 0 spiro atoms. The summed E-state index contributed by atoms with van der Waals surface area (Å²) in [5.41, 5.74) is 3.43. The van der Waals surface area contributed by atoms with E-state index in [1.54, 1.807) is 11.6 Å². The van der Waals surface area contributed by atoms with Gasteiger partial charge in [0.25, 0.3) is 0 Å². The maximum atomic E-state index is 10.9. The van der Waals surface area contributed by atoms with Crippen LogP contribution in [0.3, 0.4) is 0 Å². The molecule has 1 aromatic heterocycles. The topological polar surface area (TPSA) is 34.9 Å². The summed E-state index contributed by atoms with van der Waals surface area (Å²) in [5.74, 6) is 0.147. The molecular formula is C10H16N2O. The Morgan fingerprint density at radius 3 is 2.46 bits per heavy atom. The molecular weight excluding hydrogens is 164 g/mol. The molecule has 0 saturated heterocycles. The van der Waals surface area contributed by atoms with Crippen LogP contribution >= 0.6 is 0 Å². The first-order valence-corrected chi connectivity index (χ1v) is 4.58. The van der Waals surface area contributed by atoms with Gasteiger partial charge in [0, 0.05) is 5.69 Å². The number of carbonyl (C=O) groups excluding carboxylic acids is 1. The number of nitrogens with zero attached hydrogens (tertiary/aromatic N) is 2. The third kappa shape index (κ3) is 1.97. The molecule has 0 N–H and O–H groups in total. The average molecular weight is 180 g/mol. The molecule has 0 aromatic carbocycles. The van der Waals surface area contributed by atoms with E-state index < -0.39 is 0 Å². The fraction of sp³-hybridized carbons (Fsp3) is 0.600. The van der Waals surface area contributed by atoms with Crippen LogP contribution in [0.4, 0.5) is 0 Å². The number of carbonyl (C=O) groups is 1. The Morgan fingerprint density at radius 2 is 2.08 bits per heavy atom. The molecule has 72 valence electrons. The average Bonchev–Trinajstić information content (AvgIpc) is 2.26. The molecule has 1 heterocycles. The molecule has 0 aliphatic rings. The summed E-state index contributed by atoms with van der Waals surface area (Å²) in [6.45, 7) is 8.09. The zero-order chi connectivity index (χ0) is 10.0. The zero-order valence-electron chi connectivity index (χ0n) is 8.72. The van der Waals surface area contributed by atoms with E-state index in [4.69, 9.17) is 0 Å². The third-order valence-corrected chi connectivity index (χ3v) is 2.26. The van der Waals surface area contributed by atoms with Gasteiger partial charge < -0.3 is 0 Å². The molecule has 0 aliphatic heterocycles. The lowest BCUT2D eigenvalue weighted by molar-refractivity contribution is -0.117. The number of rotatable bonds is 3. The molecule has 0 saturated carbocycles. The molecule has 1 rings (SSSR count). The summed E-state index contributed by atoms with van der Waals surface area (Å²) in [6.07, 6.45) is 0.982. The highest BCUT2D eigenvalue weighted by Crippen LogP contribution is 2.13. The molecule has 1 aromatic rings. The van der Waals surface area contributed by atoms with Crippen LogP contribution in [0, 0.1) is 13.8 Å². The fourth-order valence-corrected chi connectivity index (χ4v) is 1.61. The van der Waals surface area contributed by atoms with Gasteiger partial charge >= 0.3 is 0 Å². The van der Waals surface area contributed by atoms with Gasteiger partial charge in [-0.05, 0) is 32.8 Å². The zero-order valence-corrected chi connectivity index (χ0v) is 8.72. The lowest BCUT2D eigenvalue weighted by Crippen LogP contribution is -2.09. The van der Waals surface area contributed by atoms with Gasteiger partial charge in [-0.3, -0.25) is 9.48 Å². The largest absolute Gasteiger partial charge is 0.298 e. The lowest BCUT2D eigenvalue weighted by Gasteiger charge is -2.00. The second kappa shape index (κ2) is 3.73. The van der Waals surface area contributed by atoms with Crippen LogP contribution in [-0.4, -0.2) is 15.6 Å². The highest BCUT2D eigenvalue weighted by atomic mass is 16.1. The van der Waals surface area contributed by atoms with Crippen LogP contribution in [0.1, 0.15) is 30.8 Å². The maximum Gasteiger partial charge on any atom is 0.151 e. The van der Waals surface area contributed by atoms with Crippen LogP contribution in [0.25, 0.3) is 0 Å². The van der Waals surface area contributed by atoms with Crippen molar-refractivity contribution in [2.75, 3.05) is 0 Å². The number of hydrogen-bond donors (Lipinski definition) is 0. The van der Waals surface area contributed by atoms with Gasteiger partial charge in [-0.2, -0.15) is 5.10 Å². The van der Waals surface area contributed by atoms with Crippen molar-refractivity contribution in [1.82, 2.24) is 9.78 Å². The summed E-state index contributed by atoms with van der Waals surface area (Å²) in [4.78, 5) is 10.9. The fourth-order valence-electron chi connectivity index (χ4n) is 1.61. The predicted molar refractivity (Wildman–Crippen MR) is 51.8 cm³/mol. The molecule has 0 radical (unpaired) electrons. The smallest absolute Gasteiger partial charge is 0.151 e. The second-order valence-electron chi connectivity index (χ2n) is 3.36. The van der Waals surface area contributed by atoms with E-state index in [1.807, 2.05) is 13.8 Å². The number of aryl methyl sites for hydroxylation is 1. The van der Waals surface area contributed by atoms with Crippen molar-refractivity contribution < 1.29 is 4.79 Å². The van der Waals surface area contributed by atoms with Crippen molar-refractivity contribution >= 4 is 5.78 Å². The summed E-state index contributed by atoms with van der Waals surface area (Å²) in [7, 11) is 0. The van der Waals surface area contributed by atoms with Crippen molar-refractivity contribution in [3.05, 3.63) is 17.0 Å². The van der Waals surface area contributed by atoms with Gasteiger partial charge in [0.2, 0.25) is 0 Å². The SMILES string of the molecule is CCc1c(C)nn(CC(C)=O)c1C. The highest BCUT2D eigenvalue weighted by molar-refractivity contribution is 5.75. The Morgan fingerprint density at radius 1 is 1.46 bits per heavy atom. The molecule has 0 atom stereocenters. The first kappa shape index (κ1) is 9.96. The van der Waals surface area contributed by atoms with Crippen molar-refractivity contribution in [1.29, 1.82) is 0 Å². The summed E-state index contributed by atoms with van der Waals surface area (Å²) in [6, 6.07) is 0. The molecule has 13 heavy (non-hydrogen) atoms. The van der Waals surface area contributed by atoms with Crippen LogP contribution in [-0.2, 0) is 17.8 Å². The van der Waals surface area contributed by atoms with Crippen LogP contribution in [0.5, 0.6) is 0 Å². The van der Waals surface area contributed by atoms with Crippen molar-refractivity contribution in [3.63, 3.8) is 0 Å². The van der Waals surface area contributed by atoms with Gasteiger partial charge in [0.1, 0.15) is 0 Å². The van der Waals surface area contributed by atoms with Gasteiger partial charge in [0.05, 0.1) is 12.2 Å². The molecule has 3 heteroatoms. The minimum absolute atomic E-state index is 0.147. The molecule has 0 amide bonds. The first-order chi connectivity index (χ1) is 6.06. The molecule has 3 nitrogen and oxygen atoms in total. The number of ketones is 1. The van der Waals surface area contributed by atoms with E-state index in [9.17, 15) is 4.79 Å². The number of aromatic nitrogens is 2. The number of hydrogen-bond acceptors (Lipinski definition) is 2. The Labute approximate surface area is 78.8 Å². The van der Waals surface area contributed by atoms with Crippen molar-refractivity contribution in [2.45, 2.75) is 40.7 Å². The van der Waals surface area contributed by atoms with Gasteiger partial charge in [-0.25, -0.2) is 0 Å². The Hall–Kier alpha value is -1.12. The summed E-state index contributed by atoms with van der Waals surface area (Å²) >= 11 is 0. The second-order valence-corrected chi connectivity index (χ2v) is 3.36. The van der Waals surface area contributed by atoms with E-state index in [2.05, 4.69) is 12.0 Å². The van der Waals surface area contributed by atoms with Gasteiger partial charge in [-0.1, -0.05) is 6.92 Å². The Balaban J connectivity index is 3.03. The van der Waals surface area contributed by atoms with E-state index in [0.29, 0.717) is 6.54 Å². The minimum atomic E-state index is 0.147. The normalized spacial score (nSPS) is 10.5. The Kier molecular flexibility index (Phi) is 2.86. The summed E-state index contributed by atoms with van der Waals surface area (Å²) < 4.78 is 1.79. The third-order valence-electron chi connectivity index (χ3n) is 2.26. The van der Waals surface area contributed by atoms with E-state index >= 15 is 0 Å². The molecule has 0 bridgehead atoms. The molecule has 0 aliphatic carbocycles. The van der Waals surface area contributed by atoms with Crippen LogP contribution < -0.4 is 0 Å². The lowest BCUT2D eigenvalue weighted by atomic mass is 10.1. The maximum absolute atomic E-state index is 10.9. The number of Topliss-reactive ketones (excluding diaryl/α,β-unsaturated/α-hetero) is 1. The quantitative estimate of drug-likeness (QED) is 0.709. The monoisotopic (exact) mass is 180 g/mol. The summed E-state index contributed by atoms with van der Waals surface area (Å²) in [5, 5.41) is 4.32. The van der Waals surface area contributed by atoms with E-state index in [1.165, 1.54) is 5.56 Å². The van der Waals surface area contributed by atoms with Crippen molar-refractivity contribution in [2.24, 2.45) is 0 Å². The van der Waals surface area contributed by atoms with Crippen LogP contribution in [0.2, 0.25) is 0 Å².